The van der Waals surface area contributed by atoms with Gasteiger partial charge in [-0.25, -0.2) is 4.98 Å². The third kappa shape index (κ3) is 5.73. The van der Waals surface area contributed by atoms with Crippen molar-refractivity contribution in [1.29, 1.82) is 0 Å². The van der Waals surface area contributed by atoms with E-state index >= 15 is 0 Å². The number of hydrogen-bond acceptors (Lipinski definition) is 4. The molecule has 0 saturated carbocycles. The predicted molar refractivity (Wildman–Crippen MR) is 105 cm³/mol. The molecule has 2 rings (SSSR count). The minimum atomic E-state index is -0.336. The normalized spacial score (nSPS) is 10.6. The van der Waals surface area contributed by atoms with E-state index in [1.165, 1.54) is 0 Å². The van der Waals surface area contributed by atoms with Gasteiger partial charge in [-0.3, -0.25) is 4.79 Å². The summed E-state index contributed by atoms with van der Waals surface area (Å²) in [6.07, 6.45) is 1.81. The van der Waals surface area contributed by atoms with Gasteiger partial charge in [0.25, 0.3) is 0 Å². The van der Waals surface area contributed by atoms with E-state index < -0.39 is 0 Å². The second kappa shape index (κ2) is 10.4. The van der Waals surface area contributed by atoms with Crippen molar-refractivity contribution in [1.82, 2.24) is 10.3 Å². The van der Waals surface area contributed by atoms with E-state index in [4.69, 9.17) is 10.2 Å². The average molecular weight is 388 g/mol. The molecule has 1 aromatic carbocycles. The van der Waals surface area contributed by atoms with Crippen LogP contribution < -0.4 is 11.1 Å². The van der Waals surface area contributed by atoms with E-state index in [0.29, 0.717) is 23.9 Å². The molecule has 140 valence electrons. The molecule has 1 aromatic heterocycles. The number of hydrogen-bond donors (Lipinski definition) is 2. The molecule has 0 aliphatic heterocycles. The van der Waals surface area contributed by atoms with Crippen LogP contribution in [-0.2, 0) is 11.2 Å². The maximum absolute atomic E-state index is 12.4. The third-order valence-corrected chi connectivity index (χ3v) is 4.39. The zero-order valence-corrected chi connectivity index (χ0v) is 16.5. The van der Waals surface area contributed by atoms with Crippen molar-refractivity contribution in [2.75, 3.05) is 6.54 Å². The van der Waals surface area contributed by atoms with Gasteiger partial charge in [-0.05, 0) is 31.9 Å². The number of halogens is 2. The van der Waals surface area contributed by atoms with Gasteiger partial charge < -0.3 is 15.5 Å². The van der Waals surface area contributed by atoms with Crippen LogP contribution in [0.25, 0.3) is 11.5 Å². The number of nitrogens with zero attached hydrogens (tertiary/aromatic N) is 1. The van der Waals surface area contributed by atoms with Crippen LogP contribution in [0.2, 0.25) is 0 Å². The van der Waals surface area contributed by atoms with Gasteiger partial charge in [0, 0.05) is 12.1 Å². The summed E-state index contributed by atoms with van der Waals surface area (Å²) < 4.78 is 5.69. The summed E-state index contributed by atoms with van der Waals surface area (Å²) >= 11 is 0. The van der Waals surface area contributed by atoms with Gasteiger partial charge in [0.15, 0.2) is 0 Å². The van der Waals surface area contributed by atoms with Crippen LogP contribution in [-0.4, -0.2) is 23.0 Å². The fourth-order valence-electron chi connectivity index (χ4n) is 2.55. The molecule has 2 aromatic rings. The van der Waals surface area contributed by atoms with Crippen molar-refractivity contribution in [2.24, 2.45) is 5.73 Å². The molecule has 0 aliphatic rings. The fraction of sp³-hybridized carbons (Fsp3) is 0.444. The molecule has 5 nitrogen and oxygen atoms in total. The van der Waals surface area contributed by atoms with Crippen molar-refractivity contribution >= 4 is 30.7 Å². The van der Waals surface area contributed by atoms with Crippen molar-refractivity contribution < 1.29 is 9.21 Å². The smallest absolute Gasteiger partial charge is 0.226 e. The van der Waals surface area contributed by atoms with Gasteiger partial charge in [0.1, 0.15) is 5.76 Å². The number of aromatic nitrogens is 1. The molecule has 0 saturated heterocycles. The molecule has 3 N–H and O–H groups in total. The number of carbonyl (C=O) groups is 1. The van der Waals surface area contributed by atoms with Crippen molar-refractivity contribution in [2.45, 2.75) is 45.6 Å². The summed E-state index contributed by atoms with van der Waals surface area (Å²) in [5.74, 6) is 1.14. The SMILES string of the molecule is CCC(CC)(CN)NC(=O)Cc1nc(-c2ccccc2)oc1C.Cl.Cl. The topological polar surface area (TPSA) is 81.1 Å². The highest BCUT2D eigenvalue weighted by Crippen LogP contribution is 2.22. The number of benzene rings is 1. The molecule has 0 atom stereocenters. The highest BCUT2D eigenvalue weighted by atomic mass is 35.5. The first-order valence-corrected chi connectivity index (χ1v) is 8.06. The molecule has 0 aliphatic carbocycles. The van der Waals surface area contributed by atoms with E-state index in [1.54, 1.807) is 0 Å². The second-order valence-corrected chi connectivity index (χ2v) is 5.80. The van der Waals surface area contributed by atoms with E-state index in [1.807, 2.05) is 51.1 Å². The van der Waals surface area contributed by atoms with Gasteiger partial charge in [-0.1, -0.05) is 32.0 Å². The Balaban J connectivity index is 0.00000288. The molecule has 1 heterocycles. The van der Waals surface area contributed by atoms with Crippen LogP contribution in [0, 0.1) is 6.92 Å². The lowest BCUT2D eigenvalue weighted by Crippen LogP contribution is -2.53. The number of amides is 1. The maximum atomic E-state index is 12.4. The fourth-order valence-corrected chi connectivity index (χ4v) is 2.55. The minimum Gasteiger partial charge on any atom is -0.441 e. The van der Waals surface area contributed by atoms with E-state index in [2.05, 4.69) is 10.3 Å². The maximum Gasteiger partial charge on any atom is 0.226 e. The van der Waals surface area contributed by atoms with Crippen LogP contribution in [0.4, 0.5) is 0 Å². The van der Waals surface area contributed by atoms with Gasteiger partial charge in [-0.15, -0.1) is 24.8 Å². The van der Waals surface area contributed by atoms with Crippen LogP contribution >= 0.6 is 24.8 Å². The molecular weight excluding hydrogens is 361 g/mol. The Labute approximate surface area is 161 Å². The number of carbonyl (C=O) groups excluding carboxylic acids is 1. The van der Waals surface area contributed by atoms with Gasteiger partial charge in [0.05, 0.1) is 17.7 Å². The van der Waals surface area contributed by atoms with Gasteiger partial charge >= 0.3 is 0 Å². The lowest BCUT2D eigenvalue weighted by molar-refractivity contribution is -0.122. The lowest BCUT2D eigenvalue weighted by atomic mass is 9.92. The lowest BCUT2D eigenvalue weighted by Gasteiger charge is -2.31. The number of oxazole rings is 1. The summed E-state index contributed by atoms with van der Waals surface area (Å²) in [6, 6.07) is 9.67. The average Bonchev–Trinajstić information content (AvgIpc) is 2.94. The Bertz CT molecular complexity index is 647. The number of rotatable bonds is 7. The zero-order valence-electron chi connectivity index (χ0n) is 14.9. The highest BCUT2D eigenvalue weighted by molar-refractivity contribution is 5.85. The van der Waals surface area contributed by atoms with Crippen LogP contribution in [0.3, 0.4) is 0 Å². The molecule has 0 fully saturated rings. The summed E-state index contributed by atoms with van der Waals surface area (Å²) in [6.45, 7) is 6.33. The first-order chi connectivity index (χ1) is 11.0. The minimum absolute atomic E-state index is 0. The quantitative estimate of drug-likeness (QED) is 0.758. The largest absolute Gasteiger partial charge is 0.441 e. The van der Waals surface area contributed by atoms with Crippen molar-refractivity contribution in [3.05, 3.63) is 41.8 Å². The molecule has 7 heteroatoms. The summed E-state index contributed by atoms with van der Waals surface area (Å²) in [7, 11) is 0. The van der Waals surface area contributed by atoms with Gasteiger partial charge in [0.2, 0.25) is 11.8 Å². The first-order valence-electron chi connectivity index (χ1n) is 8.06. The van der Waals surface area contributed by atoms with Crippen LogP contribution in [0.1, 0.15) is 38.1 Å². The van der Waals surface area contributed by atoms with Crippen molar-refractivity contribution in [3.63, 3.8) is 0 Å². The molecule has 0 unspecified atom stereocenters. The van der Waals surface area contributed by atoms with E-state index in [9.17, 15) is 4.79 Å². The van der Waals surface area contributed by atoms with E-state index in [-0.39, 0.29) is 42.7 Å². The zero-order chi connectivity index (χ0) is 16.9. The first kappa shape index (κ1) is 23.4. The number of aryl methyl sites for hydroxylation is 1. The summed E-state index contributed by atoms with van der Waals surface area (Å²) in [4.78, 5) is 16.8. The molecule has 0 radical (unpaired) electrons. The second-order valence-electron chi connectivity index (χ2n) is 5.80. The summed E-state index contributed by atoms with van der Waals surface area (Å²) in [5.41, 5.74) is 7.06. The van der Waals surface area contributed by atoms with Crippen LogP contribution in [0.15, 0.2) is 34.7 Å². The Morgan fingerprint density at radius 1 is 1.20 bits per heavy atom. The Kier molecular flexibility index (Phi) is 9.78. The van der Waals surface area contributed by atoms with Crippen molar-refractivity contribution in [3.8, 4) is 11.5 Å². The predicted octanol–water partition coefficient (Wildman–Crippen LogP) is 3.67. The monoisotopic (exact) mass is 387 g/mol. The van der Waals surface area contributed by atoms with Gasteiger partial charge in [-0.2, -0.15) is 0 Å². The van der Waals surface area contributed by atoms with Crippen LogP contribution in [0.5, 0.6) is 0 Å². The number of nitrogens with one attached hydrogen (secondary N) is 1. The number of nitrogens with two attached hydrogens (primary N) is 1. The Morgan fingerprint density at radius 3 is 2.32 bits per heavy atom. The molecule has 25 heavy (non-hydrogen) atoms. The summed E-state index contributed by atoms with van der Waals surface area (Å²) in [5, 5.41) is 3.06. The Hall–Kier alpha value is -1.56. The third-order valence-electron chi connectivity index (χ3n) is 4.39. The standard InChI is InChI=1S/C18H25N3O2.2ClH/c1-4-18(5-2,12-19)21-16(22)11-15-13(3)23-17(20-15)14-9-7-6-8-10-14;;/h6-10H,4-5,11-12,19H2,1-3H3,(H,21,22);2*1H. The van der Waals surface area contributed by atoms with E-state index in [0.717, 1.165) is 18.4 Å². The highest BCUT2D eigenvalue weighted by Gasteiger charge is 2.27. The molecule has 0 bridgehead atoms. The molecular formula is C18H27Cl2N3O2. The molecule has 1 amide bonds. The Morgan fingerprint density at radius 2 is 1.80 bits per heavy atom. The molecule has 0 spiro atoms.